The highest BCUT2D eigenvalue weighted by Crippen LogP contribution is 2.30. The predicted molar refractivity (Wildman–Crippen MR) is 118 cm³/mol. The van der Waals surface area contributed by atoms with Crippen molar-refractivity contribution < 1.29 is 14.3 Å². The molecule has 0 aliphatic carbocycles. The standard InChI is InChI=1S/C21H21N3O3S2/c1-14-6-4-5-7-16(14)13-28-21-24-23-20(29-21)22-19(25)11-9-15-8-10-17(26-2)18(12-15)27-3/h4-12H,13H2,1-3H3,(H,22,23,25)/b11-9+. The molecule has 0 saturated carbocycles. The third-order valence-electron chi connectivity index (χ3n) is 4.08. The number of nitrogens with one attached hydrogen (secondary N) is 1. The highest BCUT2D eigenvalue weighted by molar-refractivity contribution is 8.00. The number of methoxy groups -OCH3 is 2. The van der Waals surface area contributed by atoms with Gasteiger partial charge in [-0.15, -0.1) is 10.2 Å². The van der Waals surface area contributed by atoms with Crippen LogP contribution in [0, 0.1) is 6.92 Å². The van der Waals surface area contributed by atoms with Crippen molar-refractivity contribution in [2.24, 2.45) is 0 Å². The Morgan fingerprint density at radius 2 is 1.93 bits per heavy atom. The first-order valence-electron chi connectivity index (χ1n) is 8.81. The molecule has 0 aliphatic heterocycles. The van der Waals surface area contributed by atoms with Crippen LogP contribution in [0.4, 0.5) is 5.13 Å². The molecule has 3 aromatic rings. The lowest BCUT2D eigenvalue weighted by Crippen LogP contribution is -2.07. The Hall–Kier alpha value is -2.84. The van der Waals surface area contributed by atoms with Gasteiger partial charge in [-0.25, -0.2) is 0 Å². The lowest BCUT2D eigenvalue weighted by atomic mass is 10.1. The van der Waals surface area contributed by atoms with Gasteiger partial charge in [0.15, 0.2) is 15.8 Å². The van der Waals surface area contributed by atoms with E-state index in [1.807, 2.05) is 18.2 Å². The fourth-order valence-corrected chi connectivity index (χ4v) is 4.34. The highest BCUT2D eigenvalue weighted by atomic mass is 32.2. The Labute approximate surface area is 178 Å². The van der Waals surface area contributed by atoms with Crippen molar-refractivity contribution in [1.29, 1.82) is 0 Å². The number of hydrogen-bond acceptors (Lipinski definition) is 7. The molecule has 0 bridgehead atoms. The van der Waals surface area contributed by atoms with E-state index < -0.39 is 0 Å². The maximum atomic E-state index is 12.2. The number of anilines is 1. The fraction of sp³-hybridized carbons (Fsp3) is 0.190. The van der Waals surface area contributed by atoms with Crippen LogP contribution in [0.25, 0.3) is 6.08 Å². The molecular weight excluding hydrogens is 406 g/mol. The maximum absolute atomic E-state index is 12.2. The van der Waals surface area contributed by atoms with Gasteiger partial charge in [-0.2, -0.15) is 0 Å². The molecule has 8 heteroatoms. The van der Waals surface area contributed by atoms with Crippen LogP contribution in [0.2, 0.25) is 0 Å². The van der Waals surface area contributed by atoms with Crippen molar-refractivity contribution in [3.8, 4) is 11.5 Å². The van der Waals surface area contributed by atoms with E-state index in [4.69, 9.17) is 9.47 Å². The van der Waals surface area contributed by atoms with E-state index in [-0.39, 0.29) is 5.91 Å². The first-order chi connectivity index (χ1) is 14.1. The molecule has 1 N–H and O–H groups in total. The molecule has 6 nitrogen and oxygen atoms in total. The Kier molecular flexibility index (Phi) is 7.26. The zero-order chi connectivity index (χ0) is 20.6. The summed E-state index contributed by atoms with van der Waals surface area (Å²) < 4.78 is 11.3. The Morgan fingerprint density at radius 1 is 1.14 bits per heavy atom. The van der Waals surface area contributed by atoms with Gasteiger partial charge in [0.2, 0.25) is 11.0 Å². The number of aryl methyl sites for hydroxylation is 1. The second kappa shape index (κ2) is 10.1. The molecule has 0 unspecified atom stereocenters. The lowest BCUT2D eigenvalue weighted by Gasteiger charge is -2.07. The molecule has 2 aromatic carbocycles. The van der Waals surface area contributed by atoms with E-state index >= 15 is 0 Å². The van der Waals surface area contributed by atoms with Gasteiger partial charge in [-0.3, -0.25) is 10.1 Å². The maximum Gasteiger partial charge on any atom is 0.250 e. The number of ether oxygens (including phenoxy) is 2. The van der Waals surface area contributed by atoms with Crippen LogP contribution < -0.4 is 14.8 Å². The number of rotatable bonds is 8. The number of carbonyl (C=O) groups excluding carboxylic acids is 1. The van der Waals surface area contributed by atoms with Crippen LogP contribution >= 0.6 is 23.1 Å². The first-order valence-corrected chi connectivity index (χ1v) is 10.6. The molecule has 0 atom stereocenters. The van der Waals surface area contributed by atoms with E-state index in [1.54, 1.807) is 44.2 Å². The summed E-state index contributed by atoms with van der Waals surface area (Å²) in [6, 6.07) is 13.7. The van der Waals surface area contributed by atoms with Crippen LogP contribution in [-0.4, -0.2) is 30.3 Å². The molecule has 0 aliphatic rings. The van der Waals surface area contributed by atoms with Gasteiger partial charge in [0.1, 0.15) is 0 Å². The Bertz CT molecular complexity index is 1020. The molecule has 0 radical (unpaired) electrons. The SMILES string of the molecule is COc1ccc(/C=C/C(=O)Nc2nnc(SCc3ccccc3C)s2)cc1OC. The number of carbonyl (C=O) groups is 1. The molecule has 150 valence electrons. The summed E-state index contributed by atoms with van der Waals surface area (Å²) in [6.45, 7) is 2.09. The van der Waals surface area contributed by atoms with Crippen molar-refractivity contribution in [3.63, 3.8) is 0 Å². The van der Waals surface area contributed by atoms with Gasteiger partial charge >= 0.3 is 0 Å². The Balaban J connectivity index is 1.56. The number of benzene rings is 2. The molecular formula is C21H21N3O3S2. The van der Waals surface area contributed by atoms with E-state index in [9.17, 15) is 4.79 Å². The van der Waals surface area contributed by atoms with Crippen LogP contribution in [0.5, 0.6) is 11.5 Å². The van der Waals surface area contributed by atoms with E-state index in [0.717, 1.165) is 15.7 Å². The molecule has 0 spiro atoms. The second-order valence-electron chi connectivity index (χ2n) is 6.03. The van der Waals surface area contributed by atoms with Crippen LogP contribution in [0.15, 0.2) is 52.9 Å². The van der Waals surface area contributed by atoms with E-state index in [2.05, 4.69) is 34.6 Å². The van der Waals surface area contributed by atoms with E-state index in [1.165, 1.54) is 28.5 Å². The summed E-state index contributed by atoms with van der Waals surface area (Å²) in [5.41, 5.74) is 3.33. The number of hydrogen-bond donors (Lipinski definition) is 1. The smallest absolute Gasteiger partial charge is 0.250 e. The Morgan fingerprint density at radius 3 is 2.69 bits per heavy atom. The van der Waals surface area contributed by atoms with Gasteiger partial charge in [-0.1, -0.05) is 53.4 Å². The average Bonchev–Trinajstić information content (AvgIpc) is 3.18. The normalized spacial score (nSPS) is 10.9. The van der Waals surface area contributed by atoms with Crippen LogP contribution in [0.3, 0.4) is 0 Å². The summed E-state index contributed by atoms with van der Waals surface area (Å²) in [5, 5.41) is 11.4. The van der Waals surface area contributed by atoms with Crippen molar-refractivity contribution in [3.05, 3.63) is 65.2 Å². The largest absolute Gasteiger partial charge is 0.493 e. The lowest BCUT2D eigenvalue weighted by molar-refractivity contribution is -0.111. The second-order valence-corrected chi connectivity index (χ2v) is 8.23. The number of aromatic nitrogens is 2. The third-order valence-corrected chi connectivity index (χ3v) is 6.10. The third kappa shape index (κ3) is 5.82. The van der Waals surface area contributed by atoms with Crippen molar-refractivity contribution in [2.45, 2.75) is 17.0 Å². The molecule has 1 aromatic heterocycles. The van der Waals surface area contributed by atoms with Crippen LogP contribution in [0.1, 0.15) is 16.7 Å². The van der Waals surface area contributed by atoms with Crippen molar-refractivity contribution >= 4 is 40.2 Å². The van der Waals surface area contributed by atoms with Gasteiger partial charge < -0.3 is 9.47 Å². The molecule has 3 rings (SSSR count). The minimum Gasteiger partial charge on any atom is -0.493 e. The first kappa shape index (κ1) is 20.9. The van der Waals surface area contributed by atoms with Crippen molar-refractivity contribution in [1.82, 2.24) is 10.2 Å². The predicted octanol–water partition coefficient (Wildman–Crippen LogP) is 4.81. The average molecular weight is 428 g/mol. The van der Waals surface area contributed by atoms with Gasteiger partial charge in [0.05, 0.1) is 14.2 Å². The van der Waals surface area contributed by atoms with Gasteiger partial charge in [0, 0.05) is 11.8 Å². The topological polar surface area (TPSA) is 73.3 Å². The molecule has 0 fully saturated rings. The van der Waals surface area contributed by atoms with E-state index in [0.29, 0.717) is 16.6 Å². The number of nitrogens with zero attached hydrogens (tertiary/aromatic N) is 2. The van der Waals surface area contributed by atoms with Gasteiger partial charge in [0.25, 0.3) is 0 Å². The minimum atomic E-state index is -0.272. The summed E-state index contributed by atoms with van der Waals surface area (Å²) in [7, 11) is 3.15. The molecule has 29 heavy (non-hydrogen) atoms. The number of thioether (sulfide) groups is 1. The molecule has 1 heterocycles. The quantitative estimate of drug-likeness (QED) is 0.316. The zero-order valence-corrected chi connectivity index (χ0v) is 18.0. The minimum absolute atomic E-state index is 0.272. The monoisotopic (exact) mass is 427 g/mol. The molecule has 1 amide bonds. The summed E-state index contributed by atoms with van der Waals surface area (Å²) in [6.07, 6.45) is 3.15. The number of amides is 1. The van der Waals surface area contributed by atoms with Crippen molar-refractivity contribution in [2.75, 3.05) is 19.5 Å². The molecule has 0 saturated heterocycles. The van der Waals surface area contributed by atoms with Gasteiger partial charge in [-0.05, 0) is 41.8 Å². The summed E-state index contributed by atoms with van der Waals surface area (Å²) in [5.74, 6) is 1.79. The fourth-order valence-electron chi connectivity index (χ4n) is 2.51. The van der Waals surface area contributed by atoms with Crippen LogP contribution in [-0.2, 0) is 10.5 Å². The summed E-state index contributed by atoms with van der Waals surface area (Å²) >= 11 is 2.96. The zero-order valence-electron chi connectivity index (χ0n) is 16.3. The highest BCUT2D eigenvalue weighted by Gasteiger charge is 2.08. The summed E-state index contributed by atoms with van der Waals surface area (Å²) in [4.78, 5) is 12.2.